The lowest BCUT2D eigenvalue weighted by atomic mass is 9.69. The summed E-state index contributed by atoms with van der Waals surface area (Å²) in [5, 5.41) is 1.14. The highest BCUT2D eigenvalue weighted by Crippen LogP contribution is 2.42. The quantitative estimate of drug-likeness (QED) is 0.913. The van der Waals surface area contributed by atoms with Crippen LogP contribution in [-0.2, 0) is 0 Å². The van der Waals surface area contributed by atoms with Gasteiger partial charge in [-0.15, -0.1) is 0 Å². The first kappa shape index (κ1) is 13.1. The highest BCUT2D eigenvalue weighted by atomic mass is 15.2. The second-order valence-corrected chi connectivity index (χ2v) is 6.82. The van der Waals surface area contributed by atoms with E-state index in [0.29, 0.717) is 6.04 Å². The normalized spacial score (nSPS) is 29.3. The Morgan fingerprint density at radius 1 is 1.10 bits per heavy atom. The molecule has 2 heterocycles. The van der Waals surface area contributed by atoms with Crippen molar-refractivity contribution < 1.29 is 0 Å². The van der Waals surface area contributed by atoms with Gasteiger partial charge in [0.05, 0.1) is 5.39 Å². The molecule has 112 valence electrons. The minimum atomic E-state index is 0.636. The van der Waals surface area contributed by atoms with Crippen LogP contribution in [0.3, 0.4) is 0 Å². The minimum Gasteiger partial charge on any atom is -0.356 e. The zero-order valence-electron chi connectivity index (χ0n) is 12.8. The number of H-pyrrole nitrogens is 1. The van der Waals surface area contributed by atoms with E-state index in [-0.39, 0.29) is 0 Å². The second-order valence-electron chi connectivity index (χ2n) is 6.82. The lowest BCUT2D eigenvalue weighted by Crippen LogP contribution is -2.40. The van der Waals surface area contributed by atoms with Crippen molar-refractivity contribution in [3.05, 3.63) is 18.6 Å². The van der Waals surface area contributed by atoms with E-state index in [1.54, 1.807) is 6.33 Å². The van der Waals surface area contributed by atoms with Crippen molar-refractivity contribution in [1.29, 1.82) is 0 Å². The number of fused-ring (bicyclic) bond motifs is 2. The van der Waals surface area contributed by atoms with Crippen molar-refractivity contribution in [2.24, 2.45) is 11.8 Å². The molecule has 21 heavy (non-hydrogen) atoms. The molecule has 0 amide bonds. The van der Waals surface area contributed by atoms with Gasteiger partial charge in [0, 0.05) is 19.3 Å². The monoisotopic (exact) mass is 284 g/mol. The van der Waals surface area contributed by atoms with Crippen molar-refractivity contribution in [3.63, 3.8) is 0 Å². The fraction of sp³-hybridized carbons (Fsp3) is 0.647. The SMILES string of the molecule is CN(c1ncnc2[nH]ccc12)C1CCC2CCCCC2C1. The van der Waals surface area contributed by atoms with E-state index in [0.717, 1.165) is 28.7 Å². The van der Waals surface area contributed by atoms with Crippen LogP contribution < -0.4 is 4.90 Å². The van der Waals surface area contributed by atoms with Crippen LogP contribution in [0.25, 0.3) is 11.0 Å². The average molecular weight is 284 g/mol. The van der Waals surface area contributed by atoms with Crippen LogP contribution in [0.15, 0.2) is 18.6 Å². The van der Waals surface area contributed by atoms with Gasteiger partial charge in [0.25, 0.3) is 0 Å². The number of rotatable bonds is 2. The summed E-state index contributed by atoms with van der Waals surface area (Å²) in [6.45, 7) is 0. The summed E-state index contributed by atoms with van der Waals surface area (Å²) < 4.78 is 0. The molecule has 1 N–H and O–H groups in total. The Balaban J connectivity index is 1.57. The summed E-state index contributed by atoms with van der Waals surface area (Å²) in [5.74, 6) is 3.03. The number of aromatic nitrogens is 3. The van der Waals surface area contributed by atoms with Crippen LogP contribution in [0.5, 0.6) is 0 Å². The lowest BCUT2D eigenvalue weighted by Gasteiger charge is -2.42. The van der Waals surface area contributed by atoms with Gasteiger partial charge in [0.1, 0.15) is 17.8 Å². The lowest BCUT2D eigenvalue weighted by molar-refractivity contribution is 0.155. The minimum absolute atomic E-state index is 0.636. The van der Waals surface area contributed by atoms with Crippen molar-refractivity contribution in [2.75, 3.05) is 11.9 Å². The van der Waals surface area contributed by atoms with Gasteiger partial charge in [-0.1, -0.05) is 25.7 Å². The van der Waals surface area contributed by atoms with Crippen LogP contribution in [0.4, 0.5) is 5.82 Å². The maximum absolute atomic E-state index is 4.55. The Morgan fingerprint density at radius 2 is 1.95 bits per heavy atom. The van der Waals surface area contributed by atoms with Crippen molar-refractivity contribution in [2.45, 2.75) is 51.0 Å². The standard InChI is InChI=1S/C17H24N4/c1-21(17-15-8-9-18-16(15)19-11-20-17)14-7-6-12-4-2-3-5-13(12)10-14/h8-9,11-14H,2-7,10H2,1H3,(H,18,19,20). The van der Waals surface area contributed by atoms with E-state index in [1.807, 2.05) is 6.20 Å². The molecule has 0 spiro atoms. The van der Waals surface area contributed by atoms with Gasteiger partial charge >= 0.3 is 0 Å². The third-order valence-corrected chi connectivity index (χ3v) is 5.73. The smallest absolute Gasteiger partial charge is 0.142 e. The Hall–Kier alpha value is -1.58. The first-order valence-electron chi connectivity index (χ1n) is 8.34. The Bertz CT molecular complexity index is 620. The van der Waals surface area contributed by atoms with Gasteiger partial charge in [-0.25, -0.2) is 9.97 Å². The van der Waals surface area contributed by atoms with Gasteiger partial charge in [0.15, 0.2) is 0 Å². The zero-order chi connectivity index (χ0) is 14.2. The largest absolute Gasteiger partial charge is 0.356 e. The first-order valence-corrected chi connectivity index (χ1v) is 8.34. The van der Waals surface area contributed by atoms with Crippen LogP contribution in [-0.4, -0.2) is 28.0 Å². The molecule has 2 fully saturated rings. The van der Waals surface area contributed by atoms with Gasteiger partial charge in [0.2, 0.25) is 0 Å². The average Bonchev–Trinajstić information content (AvgIpc) is 3.02. The Kier molecular flexibility index (Phi) is 3.32. The number of hydrogen-bond acceptors (Lipinski definition) is 3. The van der Waals surface area contributed by atoms with Gasteiger partial charge in [-0.05, 0) is 37.2 Å². The predicted molar refractivity (Wildman–Crippen MR) is 85.4 cm³/mol. The van der Waals surface area contributed by atoms with Crippen LogP contribution in [0.2, 0.25) is 0 Å². The summed E-state index contributed by atoms with van der Waals surface area (Å²) in [5.41, 5.74) is 0.943. The number of hydrogen-bond donors (Lipinski definition) is 1. The molecule has 0 radical (unpaired) electrons. The van der Waals surface area contributed by atoms with Gasteiger partial charge in [-0.2, -0.15) is 0 Å². The molecule has 4 rings (SSSR count). The van der Waals surface area contributed by atoms with Crippen LogP contribution in [0, 0.1) is 11.8 Å². The van der Waals surface area contributed by atoms with Crippen molar-refractivity contribution >= 4 is 16.9 Å². The maximum Gasteiger partial charge on any atom is 0.142 e. The molecule has 0 saturated heterocycles. The molecular formula is C17H24N4. The molecule has 3 atom stereocenters. The molecule has 2 aromatic heterocycles. The van der Waals surface area contributed by atoms with Crippen LogP contribution >= 0.6 is 0 Å². The topological polar surface area (TPSA) is 44.8 Å². The number of nitrogens with one attached hydrogen (secondary N) is 1. The van der Waals surface area contributed by atoms with E-state index >= 15 is 0 Å². The summed E-state index contributed by atoms with van der Waals surface area (Å²) in [4.78, 5) is 14.4. The number of nitrogens with zero attached hydrogens (tertiary/aromatic N) is 3. The van der Waals surface area contributed by atoms with Crippen molar-refractivity contribution in [3.8, 4) is 0 Å². The third kappa shape index (κ3) is 2.30. The predicted octanol–water partition coefficient (Wildman–Crippen LogP) is 3.75. The fourth-order valence-corrected chi connectivity index (χ4v) is 4.51. The second kappa shape index (κ2) is 5.32. The molecule has 2 aliphatic rings. The van der Waals surface area contributed by atoms with E-state index in [4.69, 9.17) is 0 Å². The summed E-state index contributed by atoms with van der Waals surface area (Å²) in [6, 6.07) is 2.73. The highest BCUT2D eigenvalue weighted by Gasteiger charge is 2.34. The van der Waals surface area contributed by atoms with E-state index in [2.05, 4.69) is 33.0 Å². The summed E-state index contributed by atoms with van der Waals surface area (Å²) in [7, 11) is 2.21. The van der Waals surface area contributed by atoms with E-state index < -0.39 is 0 Å². The Morgan fingerprint density at radius 3 is 2.86 bits per heavy atom. The molecule has 4 nitrogen and oxygen atoms in total. The number of anilines is 1. The first-order chi connectivity index (χ1) is 10.3. The van der Waals surface area contributed by atoms with Crippen LogP contribution in [0.1, 0.15) is 44.9 Å². The molecule has 3 unspecified atom stereocenters. The molecule has 0 bridgehead atoms. The van der Waals surface area contributed by atoms with Crippen molar-refractivity contribution in [1.82, 2.24) is 15.0 Å². The maximum atomic E-state index is 4.55. The summed E-state index contributed by atoms with van der Waals surface area (Å²) >= 11 is 0. The Labute approximate surface area is 126 Å². The molecule has 2 saturated carbocycles. The molecule has 4 heteroatoms. The molecule has 2 aromatic rings. The zero-order valence-corrected chi connectivity index (χ0v) is 12.8. The summed E-state index contributed by atoms with van der Waals surface area (Å²) in [6.07, 6.45) is 13.5. The molecular weight excluding hydrogens is 260 g/mol. The highest BCUT2D eigenvalue weighted by molar-refractivity contribution is 5.87. The van der Waals surface area contributed by atoms with E-state index in [1.165, 1.54) is 44.9 Å². The molecule has 2 aliphatic carbocycles. The number of aromatic amines is 1. The fourth-order valence-electron chi connectivity index (χ4n) is 4.51. The van der Waals surface area contributed by atoms with E-state index in [9.17, 15) is 0 Å². The molecule has 0 aromatic carbocycles. The van der Waals surface area contributed by atoms with Gasteiger partial charge in [-0.3, -0.25) is 0 Å². The third-order valence-electron chi connectivity index (χ3n) is 5.73. The molecule has 0 aliphatic heterocycles. The van der Waals surface area contributed by atoms with Gasteiger partial charge < -0.3 is 9.88 Å².